The summed E-state index contributed by atoms with van der Waals surface area (Å²) in [5.41, 5.74) is 1.28. The third kappa shape index (κ3) is 3.75. The summed E-state index contributed by atoms with van der Waals surface area (Å²) in [6.45, 7) is 3.44. The normalized spacial score (nSPS) is 30.1. The first kappa shape index (κ1) is 20.0. The molecule has 6 heteroatoms. The maximum absolute atomic E-state index is 13.9. The van der Waals surface area contributed by atoms with Gasteiger partial charge in [0, 0.05) is 17.6 Å². The predicted octanol–water partition coefficient (Wildman–Crippen LogP) is 4.90. The molecule has 0 aliphatic heterocycles. The van der Waals surface area contributed by atoms with Crippen LogP contribution in [0.25, 0.3) is 0 Å². The number of amides is 1. The fraction of sp³-hybridized carbons (Fsp3) is 0.583. The lowest BCUT2D eigenvalue weighted by atomic mass is 9.53. The molecule has 0 atom stereocenters. The molecular weight excluding hydrogens is 397 g/mol. The third-order valence-electron chi connectivity index (χ3n) is 7.21. The quantitative estimate of drug-likeness (QED) is 0.700. The molecule has 2 aromatic rings. The molecule has 1 aromatic carbocycles. The van der Waals surface area contributed by atoms with Crippen LogP contribution in [-0.2, 0) is 13.1 Å². The molecule has 4 saturated carbocycles. The minimum Gasteiger partial charge on any atom is -0.346 e. The predicted molar refractivity (Wildman–Crippen MR) is 117 cm³/mol. The van der Waals surface area contributed by atoms with Gasteiger partial charge in [-0.1, -0.05) is 19.1 Å². The van der Waals surface area contributed by atoms with Gasteiger partial charge >= 0.3 is 0 Å². The summed E-state index contributed by atoms with van der Waals surface area (Å²) in [5.74, 6) is 1.76. The number of nitrogens with one attached hydrogen (secondary N) is 1. The maximum atomic E-state index is 13.9. The van der Waals surface area contributed by atoms with Gasteiger partial charge < -0.3 is 9.88 Å². The van der Waals surface area contributed by atoms with E-state index < -0.39 is 5.82 Å². The Morgan fingerprint density at radius 1 is 1.20 bits per heavy atom. The molecule has 160 valence electrons. The fourth-order valence-electron chi connectivity index (χ4n) is 6.37. The van der Waals surface area contributed by atoms with Gasteiger partial charge in [0.15, 0.2) is 4.80 Å². The van der Waals surface area contributed by atoms with Crippen LogP contribution in [-0.4, -0.2) is 16.0 Å². The molecule has 0 unspecified atom stereocenters. The van der Waals surface area contributed by atoms with Gasteiger partial charge in [0.25, 0.3) is 5.91 Å². The first-order valence-electron chi connectivity index (χ1n) is 11.3. The van der Waals surface area contributed by atoms with E-state index in [9.17, 15) is 9.18 Å². The Morgan fingerprint density at radius 3 is 2.50 bits per heavy atom. The molecule has 1 aromatic heterocycles. The lowest BCUT2D eigenvalue weighted by molar-refractivity contribution is -0.000416. The Hall–Kier alpha value is -1.95. The second kappa shape index (κ2) is 7.95. The Balaban J connectivity index is 1.38. The van der Waals surface area contributed by atoms with Gasteiger partial charge in [0.05, 0.1) is 17.6 Å². The van der Waals surface area contributed by atoms with E-state index in [0.29, 0.717) is 6.54 Å². The molecule has 0 spiro atoms. The average molecular weight is 428 g/mol. The molecule has 4 fully saturated rings. The molecule has 0 radical (unpaired) electrons. The van der Waals surface area contributed by atoms with Crippen molar-refractivity contribution in [1.29, 1.82) is 0 Å². The first-order valence-corrected chi connectivity index (χ1v) is 12.2. The number of hydrogen-bond acceptors (Lipinski definition) is 3. The first-order chi connectivity index (χ1) is 14.5. The van der Waals surface area contributed by atoms with Crippen molar-refractivity contribution < 1.29 is 9.18 Å². The molecule has 4 bridgehead atoms. The highest BCUT2D eigenvalue weighted by atomic mass is 32.1. The minimum absolute atomic E-state index is 0.0910. The number of thiazole rings is 1. The summed E-state index contributed by atoms with van der Waals surface area (Å²) < 4.78 is 16.2. The van der Waals surface area contributed by atoms with E-state index >= 15 is 0 Å². The molecular formula is C24H30FN3OS. The SMILES string of the molecule is CCCn1c(CNC(=O)c2ccccc2F)csc1=NC12CC3CC(CC(C3)C1)C2. The number of carbonyl (C=O) groups excluding carboxylic acids is 1. The van der Waals surface area contributed by atoms with Crippen LogP contribution in [0, 0.1) is 23.6 Å². The zero-order chi connectivity index (χ0) is 20.7. The van der Waals surface area contributed by atoms with E-state index in [1.165, 1.54) is 50.7 Å². The van der Waals surface area contributed by atoms with E-state index in [1.54, 1.807) is 23.5 Å². The smallest absolute Gasteiger partial charge is 0.254 e. The number of aromatic nitrogens is 1. The van der Waals surface area contributed by atoms with Crippen LogP contribution in [0.3, 0.4) is 0 Å². The molecule has 0 saturated heterocycles. The third-order valence-corrected chi connectivity index (χ3v) is 8.12. The Morgan fingerprint density at radius 2 is 1.87 bits per heavy atom. The summed E-state index contributed by atoms with van der Waals surface area (Å²) in [4.78, 5) is 18.9. The molecule has 1 heterocycles. The van der Waals surface area contributed by atoms with E-state index in [1.807, 2.05) is 0 Å². The summed E-state index contributed by atoms with van der Waals surface area (Å²) in [6.07, 6.45) is 9.02. The van der Waals surface area contributed by atoms with Gasteiger partial charge in [0.2, 0.25) is 0 Å². The second-order valence-electron chi connectivity index (χ2n) is 9.58. The minimum atomic E-state index is -0.487. The average Bonchev–Trinajstić information content (AvgIpc) is 3.06. The van der Waals surface area contributed by atoms with Gasteiger partial charge in [-0.3, -0.25) is 9.79 Å². The zero-order valence-corrected chi connectivity index (χ0v) is 18.4. The number of rotatable bonds is 6. The van der Waals surface area contributed by atoms with E-state index in [0.717, 1.165) is 41.2 Å². The van der Waals surface area contributed by atoms with Crippen LogP contribution in [0.2, 0.25) is 0 Å². The highest BCUT2D eigenvalue weighted by Crippen LogP contribution is 2.57. The van der Waals surface area contributed by atoms with Crippen LogP contribution in [0.5, 0.6) is 0 Å². The monoisotopic (exact) mass is 427 g/mol. The van der Waals surface area contributed by atoms with Crippen LogP contribution >= 0.6 is 11.3 Å². The summed E-state index contributed by atoms with van der Waals surface area (Å²) in [6, 6.07) is 6.12. The number of nitrogens with zero attached hydrogens (tertiary/aromatic N) is 2. The largest absolute Gasteiger partial charge is 0.346 e. The highest BCUT2D eigenvalue weighted by molar-refractivity contribution is 7.07. The van der Waals surface area contributed by atoms with Crippen molar-refractivity contribution in [2.75, 3.05) is 0 Å². The molecule has 4 nitrogen and oxygen atoms in total. The lowest BCUT2D eigenvalue weighted by Gasteiger charge is -2.54. The summed E-state index contributed by atoms with van der Waals surface area (Å²) >= 11 is 1.69. The van der Waals surface area contributed by atoms with Crippen molar-refractivity contribution in [3.05, 3.63) is 51.5 Å². The Bertz CT molecular complexity index is 973. The van der Waals surface area contributed by atoms with E-state index in [4.69, 9.17) is 4.99 Å². The molecule has 6 rings (SSSR count). The van der Waals surface area contributed by atoms with Crippen LogP contribution < -0.4 is 10.1 Å². The summed E-state index contributed by atoms with van der Waals surface area (Å²) in [5, 5.41) is 5.00. The molecule has 1 amide bonds. The fourth-order valence-corrected chi connectivity index (χ4v) is 7.41. The van der Waals surface area contributed by atoms with Crippen molar-refractivity contribution in [1.82, 2.24) is 9.88 Å². The summed E-state index contributed by atoms with van der Waals surface area (Å²) in [7, 11) is 0. The zero-order valence-electron chi connectivity index (χ0n) is 17.6. The van der Waals surface area contributed by atoms with E-state index in [2.05, 4.69) is 22.2 Å². The molecule has 1 N–H and O–H groups in total. The van der Waals surface area contributed by atoms with Gasteiger partial charge in [0.1, 0.15) is 5.82 Å². The van der Waals surface area contributed by atoms with E-state index in [-0.39, 0.29) is 17.0 Å². The number of carbonyl (C=O) groups is 1. The topological polar surface area (TPSA) is 46.4 Å². The maximum Gasteiger partial charge on any atom is 0.254 e. The molecule has 4 aliphatic carbocycles. The van der Waals surface area contributed by atoms with Crippen molar-refractivity contribution in [2.45, 2.75) is 70.5 Å². The number of hydrogen-bond donors (Lipinski definition) is 1. The molecule has 30 heavy (non-hydrogen) atoms. The van der Waals surface area contributed by atoms with Crippen LogP contribution in [0.4, 0.5) is 4.39 Å². The van der Waals surface area contributed by atoms with Crippen molar-refractivity contribution >= 4 is 17.2 Å². The number of benzene rings is 1. The highest BCUT2D eigenvalue weighted by Gasteiger charge is 2.51. The second-order valence-corrected chi connectivity index (χ2v) is 10.4. The van der Waals surface area contributed by atoms with Crippen molar-refractivity contribution in [3.63, 3.8) is 0 Å². The van der Waals surface area contributed by atoms with Gasteiger partial charge in [-0.2, -0.15) is 0 Å². The van der Waals surface area contributed by atoms with Crippen LogP contribution in [0.1, 0.15) is 67.9 Å². The Labute approximate surface area is 181 Å². The van der Waals surface area contributed by atoms with Crippen LogP contribution in [0.15, 0.2) is 34.6 Å². The Kier molecular flexibility index (Phi) is 5.30. The van der Waals surface area contributed by atoms with Gasteiger partial charge in [-0.05, 0) is 74.8 Å². The lowest BCUT2D eigenvalue weighted by Crippen LogP contribution is -2.50. The van der Waals surface area contributed by atoms with Gasteiger partial charge in [-0.15, -0.1) is 11.3 Å². The van der Waals surface area contributed by atoms with Crippen molar-refractivity contribution in [2.24, 2.45) is 22.7 Å². The number of halogens is 1. The standard InChI is InChI=1S/C24H30FN3OS/c1-2-7-28-19(14-26-22(29)20-5-3-4-6-21(20)25)15-30-23(28)27-24-11-16-8-17(12-24)10-18(9-16)13-24/h3-6,15-18H,2,7-14H2,1H3,(H,26,29). The molecule has 4 aliphatic rings. The van der Waals surface area contributed by atoms with Crippen molar-refractivity contribution in [3.8, 4) is 0 Å². The van der Waals surface area contributed by atoms with Gasteiger partial charge in [-0.25, -0.2) is 4.39 Å².